The molecular weight excluding hydrogens is 284 g/mol. The highest BCUT2D eigenvalue weighted by molar-refractivity contribution is 5.99. The first-order valence-corrected chi connectivity index (χ1v) is 6.89. The lowest BCUT2D eigenvalue weighted by Gasteiger charge is -2.06. The summed E-state index contributed by atoms with van der Waals surface area (Å²) in [5.74, 6) is -0.192. The number of nitriles is 1. The molecular formula is C15H14N4O3. The van der Waals surface area contributed by atoms with Crippen LogP contribution in [-0.4, -0.2) is 16.4 Å². The van der Waals surface area contributed by atoms with Gasteiger partial charge in [0.15, 0.2) is 0 Å². The summed E-state index contributed by atoms with van der Waals surface area (Å²) in [7, 11) is 0. The molecule has 0 saturated heterocycles. The van der Waals surface area contributed by atoms with Gasteiger partial charge in [-0.15, -0.1) is 0 Å². The summed E-state index contributed by atoms with van der Waals surface area (Å²) in [4.78, 5) is 23.8. The molecule has 0 unspecified atom stereocenters. The fraction of sp³-hybridized carbons (Fsp3) is 0.267. The molecule has 2 heterocycles. The summed E-state index contributed by atoms with van der Waals surface area (Å²) in [6, 6.07) is 5.56. The molecule has 1 aliphatic carbocycles. The quantitative estimate of drug-likeness (QED) is 0.837. The van der Waals surface area contributed by atoms with E-state index in [4.69, 9.17) is 4.42 Å². The summed E-state index contributed by atoms with van der Waals surface area (Å²) < 4.78 is 7.15. The van der Waals surface area contributed by atoms with Crippen molar-refractivity contribution in [3.63, 3.8) is 0 Å². The molecule has 112 valence electrons. The van der Waals surface area contributed by atoms with Crippen molar-refractivity contribution in [2.45, 2.75) is 19.8 Å². The predicted molar refractivity (Wildman–Crippen MR) is 75.8 cm³/mol. The number of hydrogen-bond donors (Lipinski definition) is 2. The van der Waals surface area contributed by atoms with Crippen LogP contribution in [0, 0.1) is 24.2 Å². The van der Waals surface area contributed by atoms with Crippen molar-refractivity contribution in [3.8, 4) is 12.0 Å². The molecule has 3 rings (SSSR count). The lowest BCUT2D eigenvalue weighted by Crippen LogP contribution is -2.42. The van der Waals surface area contributed by atoms with Gasteiger partial charge in [0.2, 0.25) is 11.8 Å². The Labute approximate surface area is 126 Å². The summed E-state index contributed by atoms with van der Waals surface area (Å²) in [5, 5.41) is 9.35. The van der Waals surface area contributed by atoms with Crippen molar-refractivity contribution in [1.82, 2.24) is 15.4 Å². The molecule has 1 saturated carbocycles. The smallest absolute Gasteiger partial charge is 0.274 e. The second-order valence-electron chi connectivity index (χ2n) is 5.13. The van der Waals surface area contributed by atoms with Crippen molar-refractivity contribution < 1.29 is 14.0 Å². The zero-order chi connectivity index (χ0) is 15.7. The molecule has 22 heavy (non-hydrogen) atoms. The number of nitrogens with zero attached hydrogens (tertiary/aromatic N) is 2. The molecule has 0 spiro atoms. The van der Waals surface area contributed by atoms with Crippen LogP contribution in [0.5, 0.6) is 0 Å². The second-order valence-corrected chi connectivity index (χ2v) is 5.13. The molecule has 0 bridgehead atoms. The number of aryl methyl sites for hydroxylation is 1. The second kappa shape index (κ2) is 5.41. The van der Waals surface area contributed by atoms with Crippen molar-refractivity contribution >= 4 is 11.8 Å². The topological polar surface area (TPSA) is 100 Å². The van der Waals surface area contributed by atoms with E-state index >= 15 is 0 Å². The Morgan fingerprint density at radius 2 is 2.00 bits per heavy atom. The minimum Gasteiger partial charge on any atom is -0.443 e. The van der Waals surface area contributed by atoms with Crippen LogP contribution in [0.3, 0.4) is 0 Å². The van der Waals surface area contributed by atoms with E-state index in [1.165, 1.54) is 0 Å². The van der Waals surface area contributed by atoms with Gasteiger partial charge in [-0.2, -0.15) is 5.26 Å². The summed E-state index contributed by atoms with van der Waals surface area (Å²) in [6.45, 7) is 1.60. The van der Waals surface area contributed by atoms with E-state index in [2.05, 4.69) is 10.9 Å². The van der Waals surface area contributed by atoms with E-state index < -0.39 is 5.91 Å². The highest BCUT2D eigenvalue weighted by Gasteiger charge is 2.30. The Morgan fingerprint density at radius 1 is 1.32 bits per heavy atom. The summed E-state index contributed by atoms with van der Waals surface area (Å²) in [6.07, 6.45) is 5.12. The largest absolute Gasteiger partial charge is 0.443 e. The van der Waals surface area contributed by atoms with E-state index in [1.54, 1.807) is 36.0 Å². The molecule has 2 aromatic rings. The maximum atomic E-state index is 12.2. The molecule has 2 amide bonds. The average Bonchev–Trinajstić information content (AvgIpc) is 3.11. The first-order chi connectivity index (χ1) is 10.6. The third kappa shape index (κ3) is 2.46. The maximum Gasteiger partial charge on any atom is 0.274 e. The maximum absolute atomic E-state index is 12.2. The Morgan fingerprint density at radius 3 is 2.59 bits per heavy atom. The number of carbonyl (C=O) groups excluding carboxylic acids is 2. The summed E-state index contributed by atoms with van der Waals surface area (Å²) >= 11 is 0. The number of carbonyl (C=O) groups is 2. The van der Waals surface area contributed by atoms with Gasteiger partial charge in [0, 0.05) is 18.3 Å². The van der Waals surface area contributed by atoms with Crippen molar-refractivity contribution in [2.24, 2.45) is 5.92 Å². The number of rotatable bonds is 3. The highest BCUT2D eigenvalue weighted by atomic mass is 16.4. The van der Waals surface area contributed by atoms with Crippen LogP contribution in [0.1, 0.15) is 34.5 Å². The minimum atomic E-state index is -0.565. The van der Waals surface area contributed by atoms with E-state index in [1.807, 2.05) is 6.07 Å². The number of amides is 2. The first kappa shape index (κ1) is 13.9. The molecule has 0 atom stereocenters. The van der Waals surface area contributed by atoms with Crippen LogP contribution < -0.4 is 10.9 Å². The van der Waals surface area contributed by atoms with Crippen LogP contribution >= 0.6 is 0 Å². The van der Waals surface area contributed by atoms with E-state index in [0.29, 0.717) is 5.76 Å². The van der Waals surface area contributed by atoms with Gasteiger partial charge in [-0.05, 0) is 31.9 Å². The number of furan rings is 1. The number of hydrazine groups is 1. The Kier molecular flexibility index (Phi) is 3.43. The van der Waals surface area contributed by atoms with Crippen LogP contribution in [-0.2, 0) is 4.79 Å². The molecule has 7 nitrogen and oxygen atoms in total. The molecule has 1 aliphatic rings. The monoisotopic (exact) mass is 298 g/mol. The van der Waals surface area contributed by atoms with Gasteiger partial charge in [0.1, 0.15) is 23.0 Å². The van der Waals surface area contributed by atoms with Gasteiger partial charge >= 0.3 is 0 Å². The van der Waals surface area contributed by atoms with Gasteiger partial charge in [0.05, 0.1) is 0 Å². The lowest BCUT2D eigenvalue weighted by atomic mass is 10.1. The Balaban J connectivity index is 1.85. The number of aromatic nitrogens is 1. The molecule has 0 aliphatic heterocycles. The third-order valence-corrected chi connectivity index (χ3v) is 3.49. The highest BCUT2D eigenvalue weighted by Crippen LogP contribution is 2.28. The molecule has 1 fully saturated rings. The van der Waals surface area contributed by atoms with Crippen LogP contribution in [0.4, 0.5) is 0 Å². The van der Waals surface area contributed by atoms with Gasteiger partial charge < -0.3 is 4.42 Å². The van der Waals surface area contributed by atoms with Gasteiger partial charge in [0.25, 0.3) is 5.91 Å². The lowest BCUT2D eigenvalue weighted by molar-refractivity contribution is -0.123. The van der Waals surface area contributed by atoms with Crippen LogP contribution in [0.25, 0.3) is 5.88 Å². The number of nitrogens with one attached hydrogen (secondary N) is 2. The van der Waals surface area contributed by atoms with Gasteiger partial charge in [-0.25, -0.2) is 0 Å². The first-order valence-electron chi connectivity index (χ1n) is 6.89. The zero-order valence-corrected chi connectivity index (χ0v) is 11.9. The third-order valence-electron chi connectivity index (χ3n) is 3.49. The van der Waals surface area contributed by atoms with Crippen LogP contribution in [0.2, 0.25) is 0 Å². The summed E-state index contributed by atoms with van der Waals surface area (Å²) in [5.41, 5.74) is 4.96. The SMILES string of the molecule is Cc1oc(-n2cccc2)c(C#N)c1C(=O)NNC(=O)C1CC1. The van der Waals surface area contributed by atoms with E-state index in [0.717, 1.165) is 12.8 Å². The van der Waals surface area contributed by atoms with Gasteiger partial charge in [-0.3, -0.25) is 25.0 Å². The molecule has 2 N–H and O–H groups in total. The van der Waals surface area contributed by atoms with Crippen molar-refractivity contribution in [3.05, 3.63) is 41.4 Å². The molecule has 2 aromatic heterocycles. The zero-order valence-electron chi connectivity index (χ0n) is 11.9. The van der Waals surface area contributed by atoms with Crippen molar-refractivity contribution in [2.75, 3.05) is 0 Å². The standard InChI is InChI=1S/C15H14N4O3/c1-9-12(14(21)18-17-13(20)10-4-5-10)11(8-16)15(22-9)19-6-2-3-7-19/h2-3,6-7,10H,4-5H2,1H3,(H,17,20)(H,18,21). The fourth-order valence-corrected chi connectivity index (χ4v) is 2.19. The van der Waals surface area contributed by atoms with Crippen LogP contribution in [0.15, 0.2) is 28.9 Å². The van der Waals surface area contributed by atoms with Crippen molar-refractivity contribution in [1.29, 1.82) is 5.26 Å². The molecule has 7 heteroatoms. The Bertz CT molecular complexity index is 764. The average molecular weight is 298 g/mol. The predicted octanol–water partition coefficient (Wildman–Crippen LogP) is 1.42. The Hall–Kier alpha value is -3.01. The van der Waals surface area contributed by atoms with E-state index in [-0.39, 0.29) is 28.8 Å². The normalized spacial score (nSPS) is 13.5. The minimum absolute atomic E-state index is 0.0170. The van der Waals surface area contributed by atoms with Gasteiger partial charge in [-0.1, -0.05) is 0 Å². The fourth-order valence-electron chi connectivity index (χ4n) is 2.19. The molecule has 0 aromatic carbocycles. The van der Waals surface area contributed by atoms with E-state index in [9.17, 15) is 14.9 Å². The molecule has 0 radical (unpaired) electrons. The number of hydrogen-bond acceptors (Lipinski definition) is 4.